The summed E-state index contributed by atoms with van der Waals surface area (Å²) in [6.45, 7) is 0. The Morgan fingerprint density at radius 1 is 1.17 bits per heavy atom. The first-order chi connectivity index (χ1) is 11.0. The molecule has 0 N–H and O–H groups in total. The molecule has 0 unspecified atom stereocenters. The van der Waals surface area contributed by atoms with Crippen LogP contribution >= 0.6 is 11.6 Å². The summed E-state index contributed by atoms with van der Waals surface area (Å²) in [5.41, 5.74) is 0.514. The number of benzene rings is 2. The molecule has 0 amide bonds. The Morgan fingerprint density at radius 2 is 2.00 bits per heavy atom. The van der Waals surface area contributed by atoms with Crippen molar-refractivity contribution in [2.75, 3.05) is 0 Å². The molecular formula is C13H8ClFN4O3S. The molecule has 10 heteroatoms. The van der Waals surface area contributed by atoms with Crippen LogP contribution in [0.15, 0.2) is 53.7 Å². The van der Waals surface area contributed by atoms with Crippen LogP contribution in [0.4, 0.5) is 4.39 Å². The topological polar surface area (TPSA) is 87.0 Å². The Bertz CT molecular complexity index is 948. The summed E-state index contributed by atoms with van der Waals surface area (Å²) in [6, 6.07) is 9.16. The van der Waals surface area contributed by atoms with Crippen LogP contribution in [0.1, 0.15) is 0 Å². The summed E-state index contributed by atoms with van der Waals surface area (Å²) in [6.07, 6.45) is 1.35. The zero-order valence-corrected chi connectivity index (χ0v) is 12.9. The van der Waals surface area contributed by atoms with E-state index in [0.717, 1.165) is 18.2 Å². The second-order valence-corrected chi connectivity index (χ2v) is 6.32. The fraction of sp³-hybridized carbons (Fsp3) is 0. The molecule has 118 valence electrons. The van der Waals surface area contributed by atoms with E-state index >= 15 is 0 Å². The Balaban J connectivity index is 1.91. The summed E-state index contributed by atoms with van der Waals surface area (Å²) < 4.78 is 43.9. The minimum Gasteiger partial charge on any atom is -0.379 e. The number of rotatable bonds is 4. The second kappa shape index (κ2) is 5.94. The van der Waals surface area contributed by atoms with E-state index in [-0.39, 0.29) is 15.7 Å². The number of hydrogen-bond acceptors (Lipinski definition) is 6. The first kappa shape index (κ1) is 15.4. The van der Waals surface area contributed by atoms with Crippen molar-refractivity contribution in [1.82, 2.24) is 20.2 Å². The summed E-state index contributed by atoms with van der Waals surface area (Å²) in [7, 11) is -4.15. The molecule has 0 atom stereocenters. The molecule has 2 aromatic carbocycles. The highest BCUT2D eigenvalue weighted by Gasteiger charge is 2.18. The van der Waals surface area contributed by atoms with Crippen molar-refractivity contribution >= 4 is 21.7 Å². The monoisotopic (exact) mass is 354 g/mol. The first-order valence-electron chi connectivity index (χ1n) is 6.19. The molecule has 1 heterocycles. The number of nitrogens with zero attached hydrogens (tertiary/aromatic N) is 4. The van der Waals surface area contributed by atoms with Crippen LogP contribution in [-0.2, 0) is 10.1 Å². The van der Waals surface area contributed by atoms with Crippen molar-refractivity contribution in [3.63, 3.8) is 0 Å². The number of aromatic nitrogens is 4. The van der Waals surface area contributed by atoms with Crippen LogP contribution in [0.2, 0.25) is 5.02 Å². The molecule has 0 saturated heterocycles. The molecule has 1 aromatic heterocycles. The normalized spacial score (nSPS) is 11.4. The number of halogens is 2. The van der Waals surface area contributed by atoms with Gasteiger partial charge in [0.2, 0.25) is 0 Å². The van der Waals surface area contributed by atoms with Gasteiger partial charge in [0.25, 0.3) is 0 Å². The maximum absolute atomic E-state index is 13.1. The van der Waals surface area contributed by atoms with Crippen molar-refractivity contribution in [1.29, 1.82) is 0 Å². The molecule has 0 aliphatic rings. The van der Waals surface area contributed by atoms with Gasteiger partial charge in [0, 0.05) is 6.07 Å². The lowest BCUT2D eigenvalue weighted by Gasteiger charge is -2.08. The SMILES string of the molecule is O=S(=O)(Oc1cccc(-n2cnnn2)c1)c1ccc(F)c(Cl)c1. The molecule has 0 spiro atoms. The minimum absolute atomic E-state index is 0.0541. The summed E-state index contributed by atoms with van der Waals surface area (Å²) in [5, 5.41) is 10.4. The van der Waals surface area contributed by atoms with E-state index in [0.29, 0.717) is 5.69 Å². The van der Waals surface area contributed by atoms with E-state index in [1.54, 1.807) is 12.1 Å². The fourth-order valence-corrected chi connectivity index (χ4v) is 2.96. The molecule has 23 heavy (non-hydrogen) atoms. The van der Waals surface area contributed by atoms with E-state index in [1.807, 2.05) is 0 Å². The Hall–Kier alpha value is -2.52. The van der Waals surface area contributed by atoms with E-state index in [9.17, 15) is 12.8 Å². The van der Waals surface area contributed by atoms with E-state index in [4.69, 9.17) is 15.8 Å². The number of hydrogen-bond donors (Lipinski definition) is 0. The van der Waals surface area contributed by atoms with Gasteiger partial charge >= 0.3 is 10.1 Å². The Kier molecular flexibility index (Phi) is 3.97. The molecule has 0 saturated carbocycles. The number of tetrazole rings is 1. The maximum atomic E-state index is 13.1. The maximum Gasteiger partial charge on any atom is 0.339 e. The molecule has 3 aromatic rings. The highest BCUT2D eigenvalue weighted by molar-refractivity contribution is 7.87. The molecule has 0 aliphatic heterocycles. The second-order valence-electron chi connectivity index (χ2n) is 4.37. The van der Waals surface area contributed by atoms with Gasteiger partial charge in [-0.2, -0.15) is 8.42 Å². The van der Waals surface area contributed by atoms with Crippen LogP contribution < -0.4 is 4.18 Å². The molecule has 7 nitrogen and oxygen atoms in total. The van der Waals surface area contributed by atoms with Crippen molar-refractivity contribution < 1.29 is 17.0 Å². The molecular weight excluding hydrogens is 347 g/mol. The smallest absolute Gasteiger partial charge is 0.339 e. The van der Waals surface area contributed by atoms with Gasteiger partial charge < -0.3 is 4.18 Å². The van der Waals surface area contributed by atoms with Crippen LogP contribution in [0.25, 0.3) is 5.69 Å². The summed E-state index contributed by atoms with van der Waals surface area (Å²) >= 11 is 5.60. The third-order valence-corrected chi connectivity index (χ3v) is 4.35. The van der Waals surface area contributed by atoms with Gasteiger partial charge in [0.1, 0.15) is 22.8 Å². The van der Waals surface area contributed by atoms with Gasteiger partial charge in [0.15, 0.2) is 0 Å². The highest BCUT2D eigenvalue weighted by Crippen LogP contribution is 2.24. The zero-order valence-electron chi connectivity index (χ0n) is 11.3. The quantitative estimate of drug-likeness (QED) is 0.668. The van der Waals surface area contributed by atoms with Gasteiger partial charge in [-0.05, 0) is 40.8 Å². The molecule has 0 aliphatic carbocycles. The van der Waals surface area contributed by atoms with Gasteiger partial charge in [-0.1, -0.05) is 17.7 Å². The summed E-state index contributed by atoms with van der Waals surface area (Å²) in [4.78, 5) is -0.253. The van der Waals surface area contributed by atoms with Gasteiger partial charge in [-0.3, -0.25) is 0 Å². The van der Waals surface area contributed by atoms with Crippen molar-refractivity contribution in [3.8, 4) is 11.4 Å². The summed E-state index contributed by atoms with van der Waals surface area (Å²) in [5.74, 6) is -0.662. The fourth-order valence-electron chi connectivity index (χ4n) is 1.76. The lowest BCUT2D eigenvalue weighted by Crippen LogP contribution is -2.10. The van der Waals surface area contributed by atoms with E-state index in [1.165, 1.54) is 23.1 Å². The third kappa shape index (κ3) is 3.30. The van der Waals surface area contributed by atoms with Crippen molar-refractivity contribution in [3.05, 3.63) is 59.6 Å². The third-order valence-electron chi connectivity index (χ3n) is 2.82. The molecule has 0 bridgehead atoms. The van der Waals surface area contributed by atoms with Crippen LogP contribution in [0.3, 0.4) is 0 Å². The Morgan fingerprint density at radius 3 is 2.70 bits per heavy atom. The van der Waals surface area contributed by atoms with E-state index in [2.05, 4.69) is 15.5 Å². The molecule has 0 fully saturated rings. The van der Waals surface area contributed by atoms with Crippen LogP contribution in [-0.4, -0.2) is 28.6 Å². The molecule has 0 radical (unpaired) electrons. The van der Waals surface area contributed by atoms with Crippen molar-refractivity contribution in [2.45, 2.75) is 4.90 Å². The lowest BCUT2D eigenvalue weighted by atomic mass is 10.3. The highest BCUT2D eigenvalue weighted by atomic mass is 35.5. The minimum atomic E-state index is -4.15. The van der Waals surface area contributed by atoms with Crippen molar-refractivity contribution in [2.24, 2.45) is 0 Å². The predicted molar refractivity (Wildman–Crippen MR) is 78.4 cm³/mol. The van der Waals surface area contributed by atoms with Crippen LogP contribution in [0.5, 0.6) is 5.75 Å². The molecule has 3 rings (SSSR count). The lowest BCUT2D eigenvalue weighted by molar-refractivity contribution is 0.485. The standard InChI is InChI=1S/C13H8ClFN4O3S/c14-12-7-11(4-5-13(12)15)23(20,21)22-10-3-1-2-9(6-10)19-8-16-17-18-19/h1-8H. The van der Waals surface area contributed by atoms with Gasteiger partial charge in [0.05, 0.1) is 10.7 Å². The largest absolute Gasteiger partial charge is 0.379 e. The Labute approximate surface area is 135 Å². The average molecular weight is 355 g/mol. The predicted octanol–water partition coefficient (Wildman–Crippen LogP) is 2.22. The van der Waals surface area contributed by atoms with Crippen LogP contribution in [0, 0.1) is 5.82 Å². The average Bonchev–Trinajstić information content (AvgIpc) is 3.04. The zero-order chi connectivity index (χ0) is 16.4. The van der Waals surface area contributed by atoms with Gasteiger partial charge in [-0.25, -0.2) is 9.07 Å². The van der Waals surface area contributed by atoms with Gasteiger partial charge in [-0.15, -0.1) is 5.10 Å². The first-order valence-corrected chi connectivity index (χ1v) is 7.97. The van der Waals surface area contributed by atoms with E-state index < -0.39 is 15.9 Å².